The molecule has 6 nitrogen and oxygen atoms in total. The summed E-state index contributed by atoms with van der Waals surface area (Å²) in [6.07, 6.45) is -3.09. The van der Waals surface area contributed by atoms with Crippen LogP contribution in [0.3, 0.4) is 0 Å². The normalized spacial score (nSPS) is 10.5. The highest BCUT2D eigenvalue weighted by atomic mass is 19.3. The van der Waals surface area contributed by atoms with Crippen LogP contribution in [0.4, 0.5) is 14.6 Å². The van der Waals surface area contributed by atoms with Crippen molar-refractivity contribution in [3.05, 3.63) is 33.0 Å². The molecule has 1 aromatic rings. The molecule has 0 saturated carbocycles. The summed E-state index contributed by atoms with van der Waals surface area (Å²) in [5.41, 5.74) is -1.37. The Bertz CT molecular complexity index is 491. The molecule has 0 amide bonds. The molecule has 0 unspecified atom stereocenters. The first-order valence-corrected chi connectivity index (χ1v) is 4.99. The lowest BCUT2D eigenvalue weighted by atomic mass is 10.1. The molecule has 18 heavy (non-hydrogen) atoms. The molecule has 0 aromatic carbocycles. The summed E-state index contributed by atoms with van der Waals surface area (Å²) in [6, 6.07) is 0.991. The number of aryl methyl sites for hydroxylation is 1. The van der Waals surface area contributed by atoms with Crippen molar-refractivity contribution in [3.8, 4) is 0 Å². The van der Waals surface area contributed by atoms with Gasteiger partial charge in [-0.1, -0.05) is 0 Å². The van der Waals surface area contributed by atoms with Gasteiger partial charge in [0, 0.05) is 5.56 Å². The fourth-order valence-corrected chi connectivity index (χ4v) is 1.34. The molecule has 0 aliphatic heterocycles. The van der Waals surface area contributed by atoms with Gasteiger partial charge in [-0.3, -0.25) is 0 Å². The molecule has 0 fully saturated rings. The smallest absolute Gasteiger partial charge is 0.366 e. The Labute approximate surface area is 101 Å². The van der Waals surface area contributed by atoms with Crippen LogP contribution < -0.4 is 0 Å². The van der Waals surface area contributed by atoms with E-state index in [0.717, 1.165) is 6.07 Å². The Hall–Kier alpha value is -2.12. The van der Waals surface area contributed by atoms with Crippen LogP contribution in [0.5, 0.6) is 0 Å². The van der Waals surface area contributed by atoms with E-state index < -0.39 is 34.4 Å². The highest BCUT2D eigenvalue weighted by molar-refractivity contribution is 5.91. The number of ether oxygens (including phenoxy) is 1. The second kappa shape index (κ2) is 5.48. The molecule has 0 saturated heterocycles. The SMILES string of the molecule is CCOC(=O)c1cc(C)c([N+](=O)[O-])nc1C(F)F. The zero-order chi connectivity index (χ0) is 13.9. The zero-order valence-corrected chi connectivity index (χ0v) is 9.65. The number of nitrogens with zero attached hydrogens (tertiary/aromatic N) is 2. The van der Waals surface area contributed by atoms with Crippen LogP contribution in [0.2, 0.25) is 0 Å². The van der Waals surface area contributed by atoms with Crippen LogP contribution in [0.15, 0.2) is 6.07 Å². The zero-order valence-electron chi connectivity index (χ0n) is 9.65. The first-order chi connectivity index (χ1) is 8.38. The molecule has 0 aliphatic carbocycles. The van der Waals surface area contributed by atoms with Gasteiger partial charge in [0.15, 0.2) is 0 Å². The predicted octanol–water partition coefficient (Wildman–Crippen LogP) is 2.41. The molecule has 0 bridgehead atoms. The van der Waals surface area contributed by atoms with Gasteiger partial charge >= 0.3 is 18.2 Å². The Kier molecular flexibility index (Phi) is 4.24. The van der Waals surface area contributed by atoms with Crippen LogP contribution in [0.1, 0.15) is 35.0 Å². The van der Waals surface area contributed by atoms with E-state index in [1.165, 1.54) is 13.8 Å². The minimum atomic E-state index is -3.09. The van der Waals surface area contributed by atoms with E-state index in [9.17, 15) is 23.7 Å². The van der Waals surface area contributed by atoms with Crippen LogP contribution in [0, 0.1) is 17.0 Å². The first kappa shape index (κ1) is 13.9. The van der Waals surface area contributed by atoms with E-state index in [0.29, 0.717) is 0 Å². The summed E-state index contributed by atoms with van der Waals surface area (Å²) < 4.78 is 30.0. The molecule has 0 spiro atoms. The number of carbonyl (C=O) groups excluding carboxylic acids is 1. The van der Waals surface area contributed by atoms with Gasteiger partial charge in [0.2, 0.25) is 5.69 Å². The number of carbonyl (C=O) groups is 1. The number of esters is 1. The van der Waals surface area contributed by atoms with Gasteiger partial charge in [-0.2, -0.15) is 0 Å². The summed E-state index contributed by atoms with van der Waals surface area (Å²) >= 11 is 0. The van der Waals surface area contributed by atoms with Crippen LogP contribution in [-0.4, -0.2) is 22.5 Å². The second-order valence-electron chi connectivity index (χ2n) is 3.34. The monoisotopic (exact) mass is 260 g/mol. The average Bonchev–Trinajstić information content (AvgIpc) is 2.27. The number of hydrogen-bond donors (Lipinski definition) is 0. The van der Waals surface area contributed by atoms with Gasteiger partial charge in [0.05, 0.1) is 6.61 Å². The van der Waals surface area contributed by atoms with Gasteiger partial charge in [0.25, 0.3) is 0 Å². The number of alkyl halides is 2. The van der Waals surface area contributed by atoms with E-state index in [4.69, 9.17) is 0 Å². The number of aromatic nitrogens is 1. The fourth-order valence-electron chi connectivity index (χ4n) is 1.34. The Morgan fingerprint density at radius 2 is 2.22 bits per heavy atom. The predicted molar refractivity (Wildman–Crippen MR) is 56.5 cm³/mol. The summed E-state index contributed by atoms with van der Waals surface area (Å²) in [4.78, 5) is 24.4. The molecule has 0 atom stereocenters. The van der Waals surface area contributed by atoms with E-state index in [1.807, 2.05) is 0 Å². The van der Waals surface area contributed by atoms with Crippen molar-refractivity contribution < 1.29 is 23.2 Å². The van der Waals surface area contributed by atoms with Gasteiger partial charge in [-0.25, -0.2) is 13.6 Å². The van der Waals surface area contributed by atoms with Crippen molar-refractivity contribution in [1.82, 2.24) is 4.98 Å². The third-order valence-electron chi connectivity index (χ3n) is 2.09. The number of nitro groups is 1. The van der Waals surface area contributed by atoms with Gasteiger partial charge in [-0.05, 0) is 29.8 Å². The van der Waals surface area contributed by atoms with Crippen LogP contribution in [-0.2, 0) is 4.74 Å². The number of pyridine rings is 1. The summed E-state index contributed by atoms with van der Waals surface area (Å²) in [5.74, 6) is -1.67. The summed E-state index contributed by atoms with van der Waals surface area (Å²) in [5, 5.41) is 10.6. The van der Waals surface area contributed by atoms with Crippen LogP contribution >= 0.6 is 0 Å². The quantitative estimate of drug-likeness (QED) is 0.471. The molecule has 1 aromatic heterocycles. The molecule has 8 heteroatoms. The highest BCUT2D eigenvalue weighted by Gasteiger charge is 2.29. The molecule has 0 N–H and O–H groups in total. The van der Waals surface area contributed by atoms with Gasteiger partial charge in [0.1, 0.15) is 5.56 Å². The van der Waals surface area contributed by atoms with Crippen LogP contribution in [0.25, 0.3) is 0 Å². The lowest BCUT2D eigenvalue weighted by molar-refractivity contribution is -0.390. The van der Waals surface area contributed by atoms with Crippen molar-refractivity contribution in [2.45, 2.75) is 20.3 Å². The standard InChI is InChI=1S/C10H10F2N2O4/c1-3-18-10(15)6-4-5(2)9(14(16)17)13-7(6)8(11)12/h4,8H,3H2,1-2H3. The largest absolute Gasteiger partial charge is 0.462 e. The molecule has 1 rings (SSSR count). The first-order valence-electron chi connectivity index (χ1n) is 4.99. The Morgan fingerprint density at radius 3 is 2.67 bits per heavy atom. The lowest BCUT2D eigenvalue weighted by Crippen LogP contribution is -2.12. The topological polar surface area (TPSA) is 82.3 Å². The maximum atomic E-state index is 12.7. The fraction of sp³-hybridized carbons (Fsp3) is 0.400. The van der Waals surface area contributed by atoms with E-state index in [1.54, 1.807) is 0 Å². The number of halogens is 2. The lowest BCUT2D eigenvalue weighted by Gasteiger charge is -2.06. The second-order valence-corrected chi connectivity index (χ2v) is 3.34. The van der Waals surface area contributed by atoms with Crippen molar-refractivity contribution in [2.24, 2.45) is 0 Å². The van der Waals surface area contributed by atoms with Gasteiger partial charge in [-0.15, -0.1) is 0 Å². The number of hydrogen-bond acceptors (Lipinski definition) is 5. The van der Waals surface area contributed by atoms with E-state index in [-0.39, 0.29) is 12.2 Å². The molecular weight excluding hydrogens is 250 g/mol. The highest BCUT2D eigenvalue weighted by Crippen LogP contribution is 2.26. The van der Waals surface area contributed by atoms with Gasteiger partial charge < -0.3 is 14.9 Å². The maximum Gasteiger partial charge on any atom is 0.366 e. The molecule has 0 radical (unpaired) electrons. The Morgan fingerprint density at radius 1 is 1.61 bits per heavy atom. The molecule has 1 heterocycles. The maximum absolute atomic E-state index is 12.7. The van der Waals surface area contributed by atoms with Crippen molar-refractivity contribution in [2.75, 3.05) is 6.61 Å². The molecule has 0 aliphatic rings. The number of rotatable bonds is 4. The Balaban J connectivity index is 3.38. The molecule has 98 valence electrons. The van der Waals surface area contributed by atoms with Crippen molar-refractivity contribution in [3.63, 3.8) is 0 Å². The van der Waals surface area contributed by atoms with Crippen molar-refractivity contribution >= 4 is 11.8 Å². The summed E-state index contributed by atoms with van der Waals surface area (Å²) in [6.45, 7) is 2.84. The molecular formula is C10H10F2N2O4. The minimum Gasteiger partial charge on any atom is -0.462 e. The minimum absolute atomic E-state index is 0.0115. The third kappa shape index (κ3) is 2.76. The third-order valence-corrected chi connectivity index (χ3v) is 2.09. The average molecular weight is 260 g/mol. The summed E-state index contributed by atoms with van der Waals surface area (Å²) in [7, 11) is 0. The van der Waals surface area contributed by atoms with E-state index in [2.05, 4.69) is 9.72 Å². The van der Waals surface area contributed by atoms with E-state index >= 15 is 0 Å². The van der Waals surface area contributed by atoms with Crippen molar-refractivity contribution in [1.29, 1.82) is 0 Å².